The zero-order valence-electron chi connectivity index (χ0n) is 20.5. The molecule has 0 radical (unpaired) electrons. The van der Waals surface area contributed by atoms with Crippen LogP contribution in [-0.2, 0) is 22.4 Å². The number of aliphatic hydroxyl groups excluding tert-OH is 1. The van der Waals surface area contributed by atoms with Gasteiger partial charge in [0.25, 0.3) is 5.91 Å². The molecule has 2 aromatic carbocycles. The molecule has 1 N–H and O–H groups in total. The Morgan fingerprint density at radius 2 is 1.47 bits per heavy atom. The van der Waals surface area contributed by atoms with Gasteiger partial charge in [0.05, 0.1) is 0 Å². The van der Waals surface area contributed by atoms with E-state index in [9.17, 15) is 19.5 Å². The van der Waals surface area contributed by atoms with Crippen molar-refractivity contribution in [2.24, 2.45) is 0 Å². The molecule has 1 aromatic heterocycles. The lowest BCUT2D eigenvalue weighted by molar-refractivity contribution is -0.134. The standard InChI is InChI=1S/C29H29N3O4/c1-3-25(34)28(26(35)20-33)32(2)29(36)24-16-14-23(15-17-24)13-12-22-10-8-21(9-11-22)6-4-7-27-30-18-5-19-31-27/h5,8-11,14-19,28,33H,3-4,6-7,20H2,1-2H3. The number of likely N-dealkylation sites (N-methyl/N-ethyl adjacent to an activating group) is 1. The third-order valence-corrected chi connectivity index (χ3v) is 5.74. The number of aliphatic hydroxyl groups is 1. The first-order valence-electron chi connectivity index (χ1n) is 11.8. The normalized spacial score (nSPS) is 11.2. The van der Waals surface area contributed by atoms with Crippen molar-refractivity contribution in [1.82, 2.24) is 14.9 Å². The van der Waals surface area contributed by atoms with Gasteiger partial charge in [-0.1, -0.05) is 30.9 Å². The molecule has 0 fully saturated rings. The lowest BCUT2D eigenvalue weighted by Gasteiger charge is -2.25. The predicted molar refractivity (Wildman–Crippen MR) is 136 cm³/mol. The van der Waals surface area contributed by atoms with Gasteiger partial charge in [-0.2, -0.15) is 0 Å². The lowest BCUT2D eigenvalue weighted by Crippen LogP contribution is -2.48. The Bertz CT molecular complexity index is 1230. The first-order valence-corrected chi connectivity index (χ1v) is 11.8. The van der Waals surface area contributed by atoms with Gasteiger partial charge in [-0.15, -0.1) is 0 Å². The molecule has 0 aliphatic carbocycles. The Kier molecular flexibility index (Phi) is 9.61. The minimum Gasteiger partial charge on any atom is -0.388 e. The number of hydrogen-bond acceptors (Lipinski definition) is 6. The number of carbonyl (C=O) groups is 3. The molecule has 3 aromatic rings. The van der Waals surface area contributed by atoms with Crippen LogP contribution in [0.2, 0.25) is 0 Å². The number of amides is 1. The van der Waals surface area contributed by atoms with Crippen LogP contribution in [-0.4, -0.2) is 57.1 Å². The van der Waals surface area contributed by atoms with Crippen molar-refractivity contribution in [3.05, 3.63) is 95.1 Å². The summed E-state index contributed by atoms with van der Waals surface area (Å²) in [5.41, 5.74) is 3.16. The second-order valence-corrected chi connectivity index (χ2v) is 8.31. The highest BCUT2D eigenvalue weighted by molar-refractivity contribution is 6.10. The molecule has 1 heterocycles. The van der Waals surface area contributed by atoms with Crippen LogP contribution in [0.5, 0.6) is 0 Å². The Morgan fingerprint density at radius 3 is 2.03 bits per heavy atom. The highest BCUT2D eigenvalue weighted by Crippen LogP contribution is 2.12. The monoisotopic (exact) mass is 483 g/mol. The van der Waals surface area contributed by atoms with Crippen LogP contribution in [0.15, 0.2) is 67.0 Å². The summed E-state index contributed by atoms with van der Waals surface area (Å²) in [5, 5.41) is 9.18. The number of nitrogens with zero attached hydrogens (tertiary/aromatic N) is 3. The number of carbonyl (C=O) groups excluding carboxylic acids is 3. The zero-order valence-corrected chi connectivity index (χ0v) is 20.5. The molecule has 0 bridgehead atoms. The van der Waals surface area contributed by atoms with Crippen LogP contribution in [0.4, 0.5) is 0 Å². The average Bonchev–Trinajstić information content (AvgIpc) is 2.92. The van der Waals surface area contributed by atoms with Crippen molar-refractivity contribution in [3.8, 4) is 11.8 Å². The van der Waals surface area contributed by atoms with E-state index in [0.717, 1.165) is 41.1 Å². The van der Waals surface area contributed by atoms with Crippen molar-refractivity contribution >= 4 is 17.5 Å². The van der Waals surface area contributed by atoms with E-state index in [4.69, 9.17) is 0 Å². The number of benzene rings is 2. The quantitative estimate of drug-likeness (QED) is 0.351. The van der Waals surface area contributed by atoms with Gasteiger partial charge in [0, 0.05) is 49.0 Å². The third-order valence-electron chi connectivity index (χ3n) is 5.74. The largest absolute Gasteiger partial charge is 0.388 e. The minimum absolute atomic E-state index is 0.0895. The van der Waals surface area contributed by atoms with Crippen LogP contribution in [0.3, 0.4) is 0 Å². The maximum Gasteiger partial charge on any atom is 0.254 e. The van der Waals surface area contributed by atoms with E-state index in [1.165, 1.54) is 12.6 Å². The van der Waals surface area contributed by atoms with E-state index in [1.807, 2.05) is 18.2 Å². The molecule has 0 spiro atoms. The van der Waals surface area contributed by atoms with Crippen molar-refractivity contribution in [1.29, 1.82) is 0 Å². The summed E-state index contributed by atoms with van der Waals surface area (Å²) in [6.45, 7) is 0.812. The highest BCUT2D eigenvalue weighted by atomic mass is 16.3. The van der Waals surface area contributed by atoms with Crippen molar-refractivity contribution in [2.75, 3.05) is 13.7 Å². The number of ketones is 2. The first kappa shape index (κ1) is 26.5. The Hall–Kier alpha value is -4.15. The van der Waals surface area contributed by atoms with E-state index in [2.05, 4.69) is 33.9 Å². The topological polar surface area (TPSA) is 100 Å². The molecule has 0 saturated carbocycles. The van der Waals surface area contributed by atoms with E-state index in [1.54, 1.807) is 43.6 Å². The summed E-state index contributed by atoms with van der Waals surface area (Å²) in [4.78, 5) is 46.5. The number of hydrogen-bond donors (Lipinski definition) is 1. The molecule has 0 aliphatic heterocycles. The Labute approximate surface area is 211 Å². The van der Waals surface area contributed by atoms with Gasteiger partial charge >= 0.3 is 0 Å². The maximum absolute atomic E-state index is 12.8. The van der Waals surface area contributed by atoms with Crippen LogP contribution in [0.25, 0.3) is 0 Å². The summed E-state index contributed by atoms with van der Waals surface area (Å²) in [6, 6.07) is 15.3. The average molecular weight is 484 g/mol. The summed E-state index contributed by atoms with van der Waals surface area (Å²) < 4.78 is 0. The summed E-state index contributed by atoms with van der Waals surface area (Å²) >= 11 is 0. The number of Topliss-reactive ketones (excluding diaryl/α,β-unsaturated/α-hetero) is 2. The molecule has 7 nitrogen and oxygen atoms in total. The number of rotatable bonds is 10. The van der Waals surface area contributed by atoms with E-state index >= 15 is 0 Å². The van der Waals surface area contributed by atoms with Crippen molar-refractivity contribution < 1.29 is 19.5 Å². The van der Waals surface area contributed by atoms with Gasteiger partial charge in [0.1, 0.15) is 12.4 Å². The Balaban J connectivity index is 1.59. The van der Waals surface area contributed by atoms with Crippen LogP contribution >= 0.6 is 0 Å². The van der Waals surface area contributed by atoms with Crippen molar-refractivity contribution in [2.45, 2.75) is 38.6 Å². The Morgan fingerprint density at radius 1 is 0.889 bits per heavy atom. The second kappa shape index (κ2) is 13.1. The van der Waals surface area contributed by atoms with E-state index in [-0.39, 0.29) is 6.42 Å². The first-order chi connectivity index (χ1) is 17.4. The second-order valence-electron chi connectivity index (χ2n) is 8.31. The molecular weight excluding hydrogens is 454 g/mol. The van der Waals surface area contributed by atoms with E-state index in [0.29, 0.717) is 5.56 Å². The van der Waals surface area contributed by atoms with Gasteiger partial charge in [-0.25, -0.2) is 9.97 Å². The summed E-state index contributed by atoms with van der Waals surface area (Å²) in [5.74, 6) is 5.48. The molecule has 1 amide bonds. The molecule has 0 saturated heterocycles. The molecule has 36 heavy (non-hydrogen) atoms. The third kappa shape index (κ3) is 7.17. The van der Waals surface area contributed by atoms with Gasteiger partial charge in [0.15, 0.2) is 17.6 Å². The van der Waals surface area contributed by atoms with Gasteiger partial charge in [-0.05, 0) is 60.9 Å². The maximum atomic E-state index is 12.8. The molecular formula is C29H29N3O4. The summed E-state index contributed by atoms with van der Waals surface area (Å²) in [6.07, 6.45) is 6.34. The van der Waals surface area contributed by atoms with Gasteiger partial charge in [-0.3, -0.25) is 14.4 Å². The van der Waals surface area contributed by atoms with Gasteiger partial charge < -0.3 is 10.0 Å². The fraction of sp³-hybridized carbons (Fsp3) is 0.276. The number of aryl methyl sites for hydroxylation is 2. The lowest BCUT2D eigenvalue weighted by atomic mass is 10.0. The molecule has 1 atom stereocenters. The van der Waals surface area contributed by atoms with Gasteiger partial charge in [0.2, 0.25) is 0 Å². The molecule has 184 valence electrons. The fourth-order valence-corrected chi connectivity index (χ4v) is 3.72. The predicted octanol–water partition coefficient (Wildman–Crippen LogP) is 3.03. The number of aromatic nitrogens is 2. The molecule has 1 unspecified atom stereocenters. The van der Waals surface area contributed by atoms with E-state index < -0.39 is 30.1 Å². The minimum atomic E-state index is -1.29. The fourth-order valence-electron chi connectivity index (χ4n) is 3.72. The molecule has 3 rings (SSSR count). The highest BCUT2D eigenvalue weighted by Gasteiger charge is 2.32. The molecule has 0 aliphatic rings. The zero-order chi connectivity index (χ0) is 25.9. The smallest absolute Gasteiger partial charge is 0.254 e. The SMILES string of the molecule is CCC(=O)C(C(=O)CO)N(C)C(=O)c1ccc(C#Cc2ccc(CCCc3ncccn3)cc2)cc1. The summed E-state index contributed by atoms with van der Waals surface area (Å²) in [7, 11) is 1.39. The van der Waals surface area contributed by atoms with Crippen LogP contribution in [0, 0.1) is 11.8 Å². The van der Waals surface area contributed by atoms with Crippen LogP contribution < -0.4 is 0 Å². The van der Waals surface area contributed by atoms with Crippen LogP contribution in [0.1, 0.15) is 52.6 Å². The molecule has 7 heteroatoms. The van der Waals surface area contributed by atoms with Crippen molar-refractivity contribution in [3.63, 3.8) is 0 Å².